The lowest BCUT2D eigenvalue weighted by Gasteiger charge is -2.15. The van der Waals surface area contributed by atoms with Crippen LogP contribution in [-0.4, -0.2) is 5.11 Å². The Kier molecular flexibility index (Phi) is 4.72. The minimum atomic E-state index is -0.562. The zero-order valence-corrected chi connectivity index (χ0v) is 12.3. The molecule has 0 amide bonds. The predicted molar refractivity (Wildman–Crippen MR) is 78.6 cm³/mol. The van der Waals surface area contributed by atoms with E-state index in [4.69, 9.17) is 0 Å². The number of benzene rings is 2. The summed E-state index contributed by atoms with van der Waals surface area (Å²) in [4.78, 5) is 0. The van der Waals surface area contributed by atoms with E-state index in [9.17, 15) is 9.50 Å². The molecule has 2 rings (SSSR count). The second-order valence-electron chi connectivity index (χ2n) is 4.52. The van der Waals surface area contributed by atoms with Crippen LogP contribution in [-0.2, 0) is 12.8 Å². The van der Waals surface area contributed by atoms with Crippen molar-refractivity contribution in [3.63, 3.8) is 0 Å². The minimum absolute atomic E-state index is 0.285. The van der Waals surface area contributed by atoms with Gasteiger partial charge in [-0.3, -0.25) is 0 Å². The van der Waals surface area contributed by atoms with Gasteiger partial charge in [0.25, 0.3) is 0 Å². The Labute approximate surface area is 121 Å². The van der Waals surface area contributed by atoms with Gasteiger partial charge in [0, 0.05) is 6.42 Å². The van der Waals surface area contributed by atoms with Gasteiger partial charge in [0.2, 0.25) is 0 Å². The fourth-order valence-corrected chi connectivity index (χ4v) is 2.61. The second kappa shape index (κ2) is 6.31. The molecule has 0 radical (unpaired) electrons. The Morgan fingerprint density at radius 1 is 1.21 bits per heavy atom. The molecule has 0 aliphatic heterocycles. The zero-order chi connectivity index (χ0) is 13.8. The molecule has 1 unspecified atom stereocenters. The van der Waals surface area contributed by atoms with Gasteiger partial charge in [0.1, 0.15) is 5.82 Å². The average Bonchev–Trinajstić information content (AvgIpc) is 2.43. The summed E-state index contributed by atoms with van der Waals surface area (Å²) >= 11 is 3.16. The summed E-state index contributed by atoms with van der Waals surface area (Å²) in [6.07, 6.45) is 0.810. The second-order valence-corrected chi connectivity index (χ2v) is 5.38. The van der Waals surface area contributed by atoms with E-state index in [-0.39, 0.29) is 5.82 Å². The van der Waals surface area contributed by atoms with E-state index in [1.807, 2.05) is 24.3 Å². The van der Waals surface area contributed by atoms with Crippen LogP contribution in [0.1, 0.15) is 29.7 Å². The standard InChI is InChI=1S/C16H16BrFO/c1-2-12-5-3-4-6-13(12)16(19)10-11-7-8-15(18)14(17)9-11/h3-9,16,19H,2,10H2,1H3. The maximum atomic E-state index is 13.2. The number of rotatable bonds is 4. The van der Waals surface area contributed by atoms with E-state index in [1.54, 1.807) is 12.1 Å². The number of aliphatic hydroxyl groups excluding tert-OH is 1. The Hall–Kier alpha value is -1.19. The highest BCUT2D eigenvalue weighted by atomic mass is 79.9. The van der Waals surface area contributed by atoms with Crippen molar-refractivity contribution < 1.29 is 9.50 Å². The van der Waals surface area contributed by atoms with Crippen LogP contribution in [0.15, 0.2) is 46.9 Å². The molecular formula is C16H16BrFO. The van der Waals surface area contributed by atoms with E-state index < -0.39 is 6.10 Å². The van der Waals surface area contributed by atoms with Gasteiger partial charge in [-0.15, -0.1) is 0 Å². The van der Waals surface area contributed by atoms with Crippen molar-refractivity contribution in [2.24, 2.45) is 0 Å². The van der Waals surface area contributed by atoms with Gasteiger partial charge in [0.05, 0.1) is 10.6 Å². The van der Waals surface area contributed by atoms with Crippen LogP contribution in [0.5, 0.6) is 0 Å². The Morgan fingerprint density at radius 3 is 2.63 bits per heavy atom. The fourth-order valence-electron chi connectivity index (χ4n) is 2.18. The first-order chi connectivity index (χ1) is 9.11. The zero-order valence-electron chi connectivity index (χ0n) is 10.7. The van der Waals surface area contributed by atoms with Crippen LogP contribution in [0.25, 0.3) is 0 Å². The molecule has 0 aliphatic carbocycles. The molecule has 0 aliphatic rings. The summed E-state index contributed by atoms with van der Waals surface area (Å²) in [5.74, 6) is -0.285. The molecule has 0 heterocycles. The van der Waals surface area contributed by atoms with E-state index in [0.29, 0.717) is 10.9 Å². The van der Waals surface area contributed by atoms with Gasteiger partial charge in [0.15, 0.2) is 0 Å². The lowest BCUT2D eigenvalue weighted by atomic mass is 9.96. The molecule has 3 heteroatoms. The van der Waals surface area contributed by atoms with E-state index >= 15 is 0 Å². The molecule has 0 fully saturated rings. The van der Waals surface area contributed by atoms with Gasteiger partial charge in [-0.2, -0.15) is 0 Å². The first-order valence-electron chi connectivity index (χ1n) is 6.31. The number of aliphatic hydroxyl groups is 1. The van der Waals surface area contributed by atoms with Crippen molar-refractivity contribution in [2.45, 2.75) is 25.9 Å². The smallest absolute Gasteiger partial charge is 0.137 e. The van der Waals surface area contributed by atoms with Gasteiger partial charge < -0.3 is 5.11 Å². The Morgan fingerprint density at radius 2 is 1.95 bits per heavy atom. The van der Waals surface area contributed by atoms with Gasteiger partial charge >= 0.3 is 0 Å². The molecule has 2 aromatic rings. The predicted octanol–water partition coefficient (Wildman–Crippen LogP) is 4.43. The van der Waals surface area contributed by atoms with E-state index in [1.165, 1.54) is 6.07 Å². The summed E-state index contributed by atoms with van der Waals surface area (Å²) < 4.78 is 13.6. The van der Waals surface area contributed by atoms with Crippen molar-refractivity contribution in [3.8, 4) is 0 Å². The molecule has 0 bridgehead atoms. The summed E-state index contributed by atoms with van der Waals surface area (Å²) in [5, 5.41) is 10.3. The Bertz CT molecular complexity index is 568. The molecule has 2 aromatic carbocycles. The topological polar surface area (TPSA) is 20.2 Å². The lowest BCUT2D eigenvalue weighted by Crippen LogP contribution is -2.05. The first kappa shape index (κ1) is 14.2. The largest absolute Gasteiger partial charge is 0.388 e. The summed E-state index contributed by atoms with van der Waals surface area (Å²) in [5.41, 5.74) is 3.01. The third-order valence-corrected chi connectivity index (χ3v) is 3.82. The highest BCUT2D eigenvalue weighted by molar-refractivity contribution is 9.10. The summed E-state index contributed by atoms with van der Waals surface area (Å²) in [7, 11) is 0. The van der Waals surface area contributed by atoms with Crippen molar-refractivity contribution >= 4 is 15.9 Å². The van der Waals surface area contributed by atoms with Crippen LogP contribution in [0, 0.1) is 5.82 Å². The third kappa shape index (κ3) is 3.43. The van der Waals surface area contributed by atoms with Gasteiger partial charge in [-0.25, -0.2) is 4.39 Å². The van der Waals surface area contributed by atoms with E-state index in [2.05, 4.69) is 22.9 Å². The van der Waals surface area contributed by atoms with Crippen LogP contribution in [0.3, 0.4) is 0 Å². The number of hydrogen-bond acceptors (Lipinski definition) is 1. The molecule has 19 heavy (non-hydrogen) atoms. The molecule has 0 saturated heterocycles. The highest BCUT2D eigenvalue weighted by Gasteiger charge is 2.12. The fraction of sp³-hybridized carbons (Fsp3) is 0.250. The van der Waals surface area contributed by atoms with Gasteiger partial charge in [-0.1, -0.05) is 37.3 Å². The summed E-state index contributed by atoms with van der Waals surface area (Å²) in [6.45, 7) is 2.07. The molecule has 100 valence electrons. The monoisotopic (exact) mass is 322 g/mol. The number of aryl methyl sites for hydroxylation is 1. The summed E-state index contributed by atoms with van der Waals surface area (Å²) in [6, 6.07) is 12.7. The van der Waals surface area contributed by atoms with Crippen LogP contribution < -0.4 is 0 Å². The number of halogens is 2. The highest BCUT2D eigenvalue weighted by Crippen LogP contribution is 2.24. The molecule has 0 saturated carbocycles. The number of hydrogen-bond donors (Lipinski definition) is 1. The molecule has 1 atom stereocenters. The SMILES string of the molecule is CCc1ccccc1C(O)Cc1ccc(F)c(Br)c1. The maximum Gasteiger partial charge on any atom is 0.137 e. The molecule has 1 N–H and O–H groups in total. The van der Waals surface area contributed by atoms with Crippen LogP contribution >= 0.6 is 15.9 Å². The van der Waals surface area contributed by atoms with Gasteiger partial charge in [-0.05, 0) is 51.2 Å². The third-order valence-electron chi connectivity index (χ3n) is 3.21. The van der Waals surface area contributed by atoms with Crippen LogP contribution in [0.2, 0.25) is 0 Å². The van der Waals surface area contributed by atoms with E-state index in [0.717, 1.165) is 23.1 Å². The minimum Gasteiger partial charge on any atom is -0.388 e. The molecule has 0 aromatic heterocycles. The van der Waals surface area contributed by atoms with Crippen molar-refractivity contribution in [2.75, 3.05) is 0 Å². The molecule has 1 nitrogen and oxygen atoms in total. The average molecular weight is 323 g/mol. The normalized spacial score (nSPS) is 12.4. The van der Waals surface area contributed by atoms with Crippen molar-refractivity contribution in [1.29, 1.82) is 0 Å². The Balaban J connectivity index is 2.20. The first-order valence-corrected chi connectivity index (χ1v) is 7.11. The van der Waals surface area contributed by atoms with Crippen LogP contribution in [0.4, 0.5) is 4.39 Å². The maximum absolute atomic E-state index is 13.2. The van der Waals surface area contributed by atoms with Crippen molar-refractivity contribution in [1.82, 2.24) is 0 Å². The van der Waals surface area contributed by atoms with Crippen molar-refractivity contribution in [3.05, 3.63) is 69.4 Å². The molecular weight excluding hydrogens is 307 g/mol. The molecule has 0 spiro atoms. The quantitative estimate of drug-likeness (QED) is 0.883. The lowest BCUT2D eigenvalue weighted by molar-refractivity contribution is 0.177.